The third kappa shape index (κ3) is 1.01. The number of hydrogen-bond acceptors (Lipinski definition) is 5. The lowest BCUT2D eigenvalue weighted by Gasteiger charge is -2.60. The first kappa shape index (κ1) is 13.1. The third-order valence-electron chi connectivity index (χ3n) is 5.04. The zero-order chi connectivity index (χ0) is 14.8. The molecule has 5 atom stereocenters. The van der Waals surface area contributed by atoms with E-state index in [1.54, 1.807) is 13.8 Å². The molecule has 0 aliphatic carbocycles. The van der Waals surface area contributed by atoms with E-state index in [9.17, 15) is 10.5 Å². The van der Waals surface area contributed by atoms with Crippen LogP contribution in [0, 0.1) is 44.8 Å². The molecule has 20 heavy (non-hydrogen) atoms. The Bertz CT molecular complexity index is 616. The summed E-state index contributed by atoms with van der Waals surface area (Å²) in [5.74, 6) is -1.32. The highest BCUT2D eigenvalue weighted by molar-refractivity contribution is 6.12. The number of amidine groups is 1. The molecule has 4 aliphatic rings. The summed E-state index contributed by atoms with van der Waals surface area (Å²) in [4.78, 5) is 4.10. The van der Waals surface area contributed by atoms with Gasteiger partial charge in [0.25, 0.3) is 0 Å². The molecule has 104 valence electrons. The molecule has 0 aromatic heterocycles. The largest absolute Gasteiger partial charge is 0.447 e. The Morgan fingerprint density at radius 1 is 1.35 bits per heavy atom. The smallest absolute Gasteiger partial charge is 0.218 e. The van der Waals surface area contributed by atoms with E-state index in [1.165, 1.54) is 0 Å². The van der Waals surface area contributed by atoms with Crippen molar-refractivity contribution in [2.75, 3.05) is 0 Å². The molecular weight excluding hydrogens is 256 g/mol. The number of ether oxygens (including phenoxy) is 2. The van der Waals surface area contributed by atoms with Gasteiger partial charge in [0.1, 0.15) is 5.84 Å². The fraction of sp³-hybridized carbons (Fsp3) is 0.714. The maximum absolute atomic E-state index is 9.82. The van der Waals surface area contributed by atoms with Crippen LogP contribution in [0.25, 0.3) is 0 Å². The summed E-state index contributed by atoms with van der Waals surface area (Å²) >= 11 is 0. The van der Waals surface area contributed by atoms with Crippen LogP contribution in [0.15, 0.2) is 4.99 Å². The highest BCUT2D eigenvalue weighted by Gasteiger charge is 2.81. The van der Waals surface area contributed by atoms with Crippen LogP contribution in [0.4, 0.5) is 0 Å². The van der Waals surface area contributed by atoms with Gasteiger partial charge in [0, 0.05) is 12.8 Å². The minimum Gasteiger partial charge on any atom is -0.447 e. The molecule has 0 radical (unpaired) electrons. The highest BCUT2D eigenvalue weighted by atomic mass is 16.7. The van der Waals surface area contributed by atoms with E-state index in [0.717, 1.165) is 6.42 Å². The average Bonchev–Trinajstić information content (AvgIpc) is 2.62. The molecule has 4 heterocycles. The Morgan fingerprint density at radius 2 is 2.00 bits per heavy atom. The van der Waals surface area contributed by atoms with Crippen molar-refractivity contribution >= 4 is 11.7 Å². The van der Waals surface area contributed by atoms with Gasteiger partial charge in [-0.15, -0.1) is 0 Å². The molecule has 0 spiro atoms. The molecule has 1 N–H and O–H groups in total. The maximum atomic E-state index is 9.82. The molecule has 6 nitrogen and oxygen atoms in total. The van der Waals surface area contributed by atoms with Crippen molar-refractivity contribution in [1.29, 1.82) is 15.9 Å². The Kier molecular flexibility index (Phi) is 2.35. The molecule has 0 aromatic carbocycles. The molecule has 3 saturated heterocycles. The Hall–Kier alpha value is -1.92. The highest BCUT2D eigenvalue weighted by Crippen LogP contribution is 2.66. The topological polar surface area (TPSA) is 102 Å². The van der Waals surface area contributed by atoms with Crippen molar-refractivity contribution in [3.63, 3.8) is 0 Å². The molecule has 0 unspecified atom stereocenters. The van der Waals surface area contributed by atoms with Gasteiger partial charge in [0.2, 0.25) is 11.7 Å². The normalized spacial score (nSPS) is 48.2. The summed E-state index contributed by atoms with van der Waals surface area (Å²) in [6.45, 7) is 5.56. The van der Waals surface area contributed by atoms with Gasteiger partial charge in [-0.1, -0.05) is 20.3 Å². The van der Waals surface area contributed by atoms with Crippen LogP contribution in [0.1, 0.15) is 33.6 Å². The van der Waals surface area contributed by atoms with Crippen LogP contribution in [0.2, 0.25) is 0 Å². The standard InChI is InChI=1S/C14H16N4O2/c1-4-5-9-14(7-16)11-18-10(17)13(14,6-15)8(2)12(3,19-9)20-11/h8-9,17H,4-5H2,1-3H3/t8-,9+,12+,13-,14+/m1/s1. The number of hydrogen-bond donors (Lipinski definition) is 1. The van der Waals surface area contributed by atoms with Crippen molar-refractivity contribution < 1.29 is 9.47 Å². The van der Waals surface area contributed by atoms with Gasteiger partial charge in [-0.05, 0) is 6.42 Å². The fourth-order valence-electron chi connectivity index (χ4n) is 3.83. The quantitative estimate of drug-likeness (QED) is 0.830. The van der Waals surface area contributed by atoms with E-state index in [4.69, 9.17) is 14.9 Å². The van der Waals surface area contributed by atoms with E-state index in [1.807, 2.05) is 6.92 Å². The molecule has 6 heteroatoms. The second kappa shape index (κ2) is 3.59. The predicted octanol–water partition coefficient (Wildman–Crippen LogP) is 1.98. The summed E-state index contributed by atoms with van der Waals surface area (Å²) < 4.78 is 11.8. The first-order valence-corrected chi connectivity index (χ1v) is 6.80. The Balaban J connectivity index is 2.31. The number of nitrogens with zero attached hydrogens (tertiary/aromatic N) is 3. The van der Waals surface area contributed by atoms with Crippen LogP contribution in [0.5, 0.6) is 0 Å². The van der Waals surface area contributed by atoms with Gasteiger partial charge >= 0.3 is 0 Å². The van der Waals surface area contributed by atoms with Gasteiger partial charge in [-0.2, -0.15) is 15.5 Å². The van der Waals surface area contributed by atoms with E-state index in [2.05, 4.69) is 17.1 Å². The third-order valence-corrected chi connectivity index (χ3v) is 5.04. The molecule has 0 amide bonds. The summed E-state index contributed by atoms with van der Waals surface area (Å²) in [5.41, 5.74) is -2.56. The Morgan fingerprint density at radius 3 is 2.55 bits per heavy atom. The monoisotopic (exact) mass is 272 g/mol. The predicted molar refractivity (Wildman–Crippen MR) is 69.7 cm³/mol. The SMILES string of the molecule is CCC[C@@H]1O[C@@]2(C)OC3=NC(=N)[C@@](C#N)([C@@H]2C)[C@]31C#N. The molecule has 3 fully saturated rings. The van der Waals surface area contributed by atoms with Crippen molar-refractivity contribution in [3.05, 3.63) is 0 Å². The molecule has 4 rings (SSSR count). The maximum Gasteiger partial charge on any atom is 0.218 e. The zero-order valence-electron chi connectivity index (χ0n) is 11.7. The minimum absolute atomic E-state index is 0.0721. The number of nitriles is 2. The van der Waals surface area contributed by atoms with Gasteiger partial charge < -0.3 is 9.47 Å². The molecular formula is C14H16N4O2. The first-order chi connectivity index (χ1) is 9.42. The second-order valence-electron chi connectivity index (χ2n) is 5.84. The van der Waals surface area contributed by atoms with Crippen LogP contribution >= 0.6 is 0 Å². The number of aliphatic imine (C=N–C) groups is 1. The summed E-state index contributed by atoms with van der Waals surface area (Å²) in [6, 6.07) is 4.45. The van der Waals surface area contributed by atoms with Crippen LogP contribution in [-0.4, -0.2) is 23.6 Å². The summed E-state index contributed by atoms with van der Waals surface area (Å²) in [6.07, 6.45) is 0.990. The van der Waals surface area contributed by atoms with E-state index in [-0.39, 0.29) is 11.7 Å². The number of fused-ring (bicyclic) bond motifs is 1. The fourth-order valence-corrected chi connectivity index (χ4v) is 3.83. The minimum atomic E-state index is -1.29. The van der Waals surface area contributed by atoms with Crippen molar-refractivity contribution in [1.82, 2.24) is 0 Å². The molecule has 4 bridgehead atoms. The molecule has 0 aromatic rings. The zero-order valence-corrected chi connectivity index (χ0v) is 11.7. The lowest BCUT2D eigenvalue weighted by Crippen LogP contribution is -2.73. The lowest BCUT2D eigenvalue weighted by molar-refractivity contribution is -0.330. The molecule has 4 aliphatic heterocycles. The van der Waals surface area contributed by atoms with Crippen molar-refractivity contribution in [3.8, 4) is 12.1 Å². The second-order valence-corrected chi connectivity index (χ2v) is 5.84. The van der Waals surface area contributed by atoms with Crippen LogP contribution in [0.3, 0.4) is 0 Å². The van der Waals surface area contributed by atoms with Gasteiger partial charge in [-0.3, -0.25) is 5.41 Å². The number of rotatable bonds is 2. The van der Waals surface area contributed by atoms with Crippen LogP contribution in [-0.2, 0) is 9.47 Å². The lowest BCUT2D eigenvalue weighted by atomic mass is 9.51. The van der Waals surface area contributed by atoms with E-state index < -0.39 is 28.6 Å². The van der Waals surface area contributed by atoms with Gasteiger partial charge in [0.15, 0.2) is 10.8 Å². The first-order valence-electron chi connectivity index (χ1n) is 6.80. The van der Waals surface area contributed by atoms with Crippen LogP contribution < -0.4 is 0 Å². The van der Waals surface area contributed by atoms with Gasteiger partial charge in [0.05, 0.1) is 18.2 Å². The summed E-state index contributed by atoms with van der Waals surface area (Å²) in [5, 5.41) is 27.8. The number of nitrogens with one attached hydrogen (secondary N) is 1. The molecule has 0 saturated carbocycles. The average molecular weight is 272 g/mol. The van der Waals surface area contributed by atoms with E-state index >= 15 is 0 Å². The summed E-state index contributed by atoms with van der Waals surface area (Å²) in [7, 11) is 0. The van der Waals surface area contributed by atoms with Crippen molar-refractivity contribution in [2.24, 2.45) is 21.7 Å². The van der Waals surface area contributed by atoms with Crippen molar-refractivity contribution in [2.45, 2.75) is 45.5 Å². The van der Waals surface area contributed by atoms with Gasteiger partial charge in [-0.25, -0.2) is 0 Å². The van der Waals surface area contributed by atoms with E-state index in [0.29, 0.717) is 6.42 Å². The Labute approximate surface area is 117 Å².